The van der Waals surface area contributed by atoms with Crippen molar-refractivity contribution < 1.29 is 9.53 Å². The summed E-state index contributed by atoms with van der Waals surface area (Å²) in [6, 6.07) is 14.0. The van der Waals surface area contributed by atoms with Crippen LogP contribution in [0.5, 0.6) is 5.75 Å². The van der Waals surface area contributed by atoms with Crippen molar-refractivity contribution in [1.29, 1.82) is 0 Å². The molecular weight excluding hydrogens is 394 g/mol. The van der Waals surface area contributed by atoms with E-state index in [1.54, 1.807) is 49.6 Å². The maximum atomic E-state index is 12.8. The number of nitrogens with zero attached hydrogens (tertiary/aromatic N) is 4. The lowest BCUT2D eigenvalue weighted by atomic mass is 10.3. The van der Waals surface area contributed by atoms with Crippen LogP contribution in [0.4, 0.5) is 5.69 Å². The molecule has 29 heavy (non-hydrogen) atoms. The molecule has 0 bridgehead atoms. The molecule has 146 valence electrons. The Morgan fingerprint density at radius 3 is 2.72 bits per heavy atom. The van der Waals surface area contributed by atoms with Gasteiger partial charge in [0.15, 0.2) is 5.65 Å². The van der Waals surface area contributed by atoms with Crippen molar-refractivity contribution in [2.24, 2.45) is 0 Å². The van der Waals surface area contributed by atoms with E-state index in [0.717, 1.165) is 0 Å². The summed E-state index contributed by atoms with van der Waals surface area (Å²) in [4.78, 5) is 29.4. The molecule has 0 unspecified atom stereocenters. The second-order valence-corrected chi connectivity index (χ2v) is 6.66. The van der Waals surface area contributed by atoms with E-state index >= 15 is 0 Å². The number of halogens is 1. The van der Waals surface area contributed by atoms with Gasteiger partial charge in [0, 0.05) is 10.7 Å². The van der Waals surface area contributed by atoms with E-state index in [1.165, 1.54) is 21.8 Å². The number of fused-ring (bicyclic) bond motifs is 1. The van der Waals surface area contributed by atoms with Crippen molar-refractivity contribution in [3.05, 3.63) is 76.4 Å². The number of carbonyl (C=O) groups is 1. The molecule has 8 nitrogen and oxygen atoms in total. The van der Waals surface area contributed by atoms with Gasteiger partial charge in [-0.1, -0.05) is 17.7 Å². The molecule has 0 aliphatic heterocycles. The number of amides is 1. The van der Waals surface area contributed by atoms with Crippen molar-refractivity contribution in [1.82, 2.24) is 19.3 Å². The van der Waals surface area contributed by atoms with E-state index in [-0.39, 0.29) is 18.0 Å². The maximum absolute atomic E-state index is 12.8. The summed E-state index contributed by atoms with van der Waals surface area (Å²) in [6.07, 6.45) is 2.77. The predicted octanol–water partition coefficient (Wildman–Crippen LogP) is 2.88. The first-order chi connectivity index (χ1) is 14.0. The van der Waals surface area contributed by atoms with Crippen molar-refractivity contribution >= 4 is 34.2 Å². The van der Waals surface area contributed by atoms with Gasteiger partial charge in [0.05, 0.1) is 19.0 Å². The Morgan fingerprint density at radius 2 is 2.00 bits per heavy atom. The number of rotatable bonds is 5. The van der Waals surface area contributed by atoms with Gasteiger partial charge < -0.3 is 10.1 Å². The van der Waals surface area contributed by atoms with Crippen LogP contribution >= 0.6 is 11.6 Å². The zero-order valence-electron chi connectivity index (χ0n) is 15.4. The minimum atomic E-state index is -0.354. The van der Waals surface area contributed by atoms with Gasteiger partial charge in [-0.3, -0.25) is 14.2 Å². The van der Waals surface area contributed by atoms with Crippen LogP contribution in [0.25, 0.3) is 16.7 Å². The van der Waals surface area contributed by atoms with Gasteiger partial charge in [-0.2, -0.15) is 5.10 Å². The molecule has 0 atom stereocenters. The summed E-state index contributed by atoms with van der Waals surface area (Å²) in [6.45, 7) is -0.170. The summed E-state index contributed by atoms with van der Waals surface area (Å²) >= 11 is 6.03. The molecule has 0 saturated carbocycles. The summed E-state index contributed by atoms with van der Waals surface area (Å²) in [5.74, 6) is 0.339. The second kappa shape index (κ2) is 7.76. The maximum Gasteiger partial charge on any atom is 0.264 e. The SMILES string of the molecule is COc1ccc(NC(=O)Cn2cnc3c(cnn3-c3cccc(Cl)c3)c2=O)cc1. The van der Waals surface area contributed by atoms with E-state index in [1.807, 2.05) is 6.07 Å². The van der Waals surface area contributed by atoms with Gasteiger partial charge in [-0.25, -0.2) is 9.67 Å². The lowest BCUT2D eigenvalue weighted by molar-refractivity contribution is -0.116. The quantitative estimate of drug-likeness (QED) is 0.547. The van der Waals surface area contributed by atoms with Crippen molar-refractivity contribution in [3.8, 4) is 11.4 Å². The Hall–Kier alpha value is -3.65. The van der Waals surface area contributed by atoms with Crippen LogP contribution < -0.4 is 15.6 Å². The summed E-state index contributed by atoms with van der Waals surface area (Å²) in [5, 5.41) is 7.84. The Balaban J connectivity index is 1.58. The number of hydrogen-bond acceptors (Lipinski definition) is 5. The van der Waals surface area contributed by atoms with E-state index in [9.17, 15) is 9.59 Å². The molecule has 0 radical (unpaired) electrons. The molecule has 4 rings (SSSR count). The number of aromatic nitrogens is 4. The van der Waals surface area contributed by atoms with Crippen LogP contribution in [0.1, 0.15) is 0 Å². The molecule has 2 aromatic heterocycles. The third kappa shape index (κ3) is 3.83. The smallest absolute Gasteiger partial charge is 0.264 e. The summed E-state index contributed by atoms with van der Waals surface area (Å²) < 4.78 is 7.86. The lowest BCUT2D eigenvalue weighted by Crippen LogP contribution is -2.27. The fourth-order valence-electron chi connectivity index (χ4n) is 2.89. The van der Waals surface area contributed by atoms with Crippen LogP contribution in [0.15, 0.2) is 65.8 Å². The normalized spacial score (nSPS) is 10.8. The van der Waals surface area contributed by atoms with Crippen molar-refractivity contribution in [2.75, 3.05) is 12.4 Å². The third-order valence-electron chi connectivity index (χ3n) is 4.30. The van der Waals surface area contributed by atoms with Gasteiger partial charge >= 0.3 is 0 Å². The monoisotopic (exact) mass is 409 g/mol. The molecule has 4 aromatic rings. The highest BCUT2D eigenvalue weighted by Gasteiger charge is 2.13. The molecule has 1 amide bonds. The van der Waals surface area contributed by atoms with Crippen LogP contribution in [-0.2, 0) is 11.3 Å². The number of nitrogens with one attached hydrogen (secondary N) is 1. The van der Waals surface area contributed by atoms with Gasteiger partial charge in [0.25, 0.3) is 5.56 Å². The standard InChI is InChI=1S/C20H16ClN5O3/c1-29-16-7-5-14(6-8-16)24-18(27)11-25-12-22-19-17(20(25)28)10-23-26(19)15-4-2-3-13(21)9-15/h2-10,12H,11H2,1H3,(H,24,27). The molecule has 2 aromatic carbocycles. The minimum absolute atomic E-state index is 0.170. The highest BCUT2D eigenvalue weighted by Crippen LogP contribution is 2.18. The number of benzene rings is 2. The Bertz CT molecular complexity index is 1250. The Morgan fingerprint density at radius 1 is 1.21 bits per heavy atom. The van der Waals surface area contributed by atoms with Crippen LogP contribution in [0, 0.1) is 0 Å². The van der Waals surface area contributed by atoms with Crippen LogP contribution in [-0.4, -0.2) is 32.3 Å². The molecule has 9 heteroatoms. The number of hydrogen-bond donors (Lipinski definition) is 1. The van der Waals surface area contributed by atoms with E-state index in [2.05, 4.69) is 15.4 Å². The van der Waals surface area contributed by atoms with E-state index in [4.69, 9.17) is 16.3 Å². The number of ether oxygens (including phenoxy) is 1. The fraction of sp³-hybridized carbons (Fsp3) is 0.100. The molecule has 1 N–H and O–H groups in total. The fourth-order valence-corrected chi connectivity index (χ4v) is 3.07. The topological polar surface area (TPSA) is 91.0 Å². The number of carbonyl (C=O) groups excluding carboxylic acids is 1. The van der Waals surface area contributed by atoms with E-state index < -0.39 is 0 Å². The molecule has 0 aliphatic rings. The van der Waals surface area contributed by atoms with Gasteiger partial charge in [0.2, 0.25) is 5.91 Å². The number of anilines is 1. The number of methoxy groups -OCH3 is 1. The van der Waals surface area contributed by atoms with Gasteiger partial charge in [-0.05, 0) is 42.5 Å². The molecular formula is C20H16ClN5O3. The first kappa shape index (κ1) is 18.7. The third-order valence-corrected chi connectivity index (χ3v) is 4.53. The molecule has 0 spiro atoms. The van der Waals surface area contributed by atoms with Crippen LogP contribution in [0.3, 0.4) is 0 Å². The zero-order valence-corrected chi connectivity index (χ0v) is 16.1. The minimum Gasteiger partial charge on any atom is -0.497 e. The predicted molar refractivity (Wildman–Crippen MR) is 110 cm³/mol. The van der Waals surface area contributed by atoms with Gasteiger partial charge in [-0.15, -0.1) is 0 Å². The van der Waals surface area contributed by atoms with Crippen LogP contribution in [0.2, 0.25) is 5.02 Å². The first-order valence-corrected chi connectivity index (χ1v) is 9.06. The average molecular weight is 410 g/mol. The molecule has 2 heterocycles. The average Bonchev–Trinajstić information content (AvgIpc) is 3.15. The first-order valence-electron chi connectivity index (χ1n) is 8.68. The molecule has 0 fully saturated rings. The van der Waals surface area contributed by atoms with Crippen molar-refractivity contribution in [2.45, 2.75) is 6.54 Å². The lowest BCUT2D eigenvalue weighted by Gasteiger charge is -2.08. The molecule has 0 aliphatic carbocycles. The highest BCUT2D eigenvalue weighted by molar-refractivity contribution is 6.30. The van der Waals surface area contributed by atoms with E-state index in [0.29, 0.717) is 33.2 Å². The molecule has 0 saturated heterocycles. The largest absolute Gasteiger partial charge is 0.497 e. The summed E-state index contributed by atoms with van der Waals surface area (Å²) in [7, 11) is 1.57. The van der Waals surface area contributed by atoms with Gasteiger partial charge in [0.1, 0.15) is 24.0 Å². The van der Waals surface area contributed by atoms with Crippen molar-refractivity contribution in [3.63, 3.8) is 0 Å². The highest BCUT2D eigenvalue weighted by atomic mass is 35.5. The summed E-state index contributed by atoms with van der Waals surface area (Å²) in [5.41, 5.74) is 1.33. The zero-order chi connectivity index (χ0) is 20.4. The second-order valence-electron chi connectivity index (χ2n) is 6.23. The Kier molecular flexibility index (Phi) is 5.01. The Labute approximate surface area is 170 Å².